The minimum absolute atomic E-state index is 0.0268. The van der Waals surface area contributed by atoms with Gasteiger partial charge in [0.15, 0.2) is 0 Å². The quantitative estimate of drug-likeness (QED) is 0.502. The van der Waals surface area contributed by atoms with Crippen LogP contribution in [-0.2, 0) is 11.0 Å². The van der Waals surface area contributed by atoms with Gasteiger partial charge in [0.1, 0.15) is 42.0 Å². The third-order valence-corrected chi connectivity index (χ3v) is 6.00. The van der Waals surface area contributed by atoms with Crippen LogP contribution in [0.4, 0.5) is 29.2 Å². The van der Waals surface area contributed by atoms with E-state index in [2.05, 4.69) is 20.3 Å². The number of ether oxygens (including phenoxy) is 2. The Labute approximate surface area is 203 Å². The molecule has 0 aliphatic carbocycles. The number of piperazine rings is 1. The van der Waals surface area contributed by atoms with E-state index < -0.39 is 29.3 Å². The molecular formula is C23H22F4N6O3. The Kier molecular flexibility index (Phi) is 6.02. The van der Waals surface area contributed by atoms with Crippen molar-refractivity contribution < 1.29 is 31.8 Å². The third-order valence-electron chi connectivity index (χ3n) is 6.00. The van der Waals surface area contributed by atoms with Gasteiger partial charge in [0.2, 0.25) is 5.91 Å². The summed E-state index contributed by atoms with van der Waals surface area (Å²) in [5.41, 5.74) is -0.843. The highest BCUT2D eigenvalue weighted by Gasteiger charge is 2.37. The van der Waals surface area contributed by atoms with Gasteiger partial charge in [-0.25, -0.2) is 9.37 Å². The molecule has 9 nitrogen and oxygen atoms in total. The van der Waals surface area contributed by atoms with E-state index in [1.54, 1.807) is 17.9 Å². The van der Waals surface area contributed by atoms with Gasteiger partial charge in [0.05, 0.1) is 24.3 Å². The Morgan fingerprint density at radius 2 is 1.89 bits per heavy atom. The normalized spacial score (nSPS) is 19.1. The maximum absolute atomic E-state index is 14.3. The van der Waals surface area contributed by atoms with Gasteiger partial charge in [-0.1, -0.05) is 0 Å². The fourth-order valence-corrected chi connectivity index (χ4v) is 4.22. The van der Waals surface area contributed by atoms with Gasteiger partial charge in [-0.05, 0) is 32.2 Å². The lowest BCUT2D eigenvalue weighted by molar-refractivity contribution is -0.139. The van der Waals surface area contributed by atoms with Crippen LogP contribution in [0.5, 0.6) is 11.8 Å². The molecule has 1 N–H and O–H groups in total. The molecule has 13 heteroatoms. The minimum Gasteiger partial charge on any atom is -0.489 e. The number of carbonyl (C=O) groups is 1. The molecule has 1 aromatic carbocycles. The van der Waals surface area contributed by atoms with E-state index in [0.717, 1.165) is 6.07 Å². The Balaban J connectivity index is 1.60. The fraction of sp³-hybridized carbons (Fsp3) is 0.391. The first kappa shape index (κ1) is 24.0. The van der Waals surface area contributed by atoms with Crippen LogP contribution in [0.15, 0.2) is 24.4 Å². The number of carbonyl (C=O) groups excluding carboxylic acids is 1. The van der Waals surface area contributed by atoms with Crippen molar-refractivity contribution in [2.75, 3.05) is 50.1 Å². The molecule has 5 rings (SSSR count). The minimum atomic E-state index is -4.83. The number of amides is 1. The summed E-state index contributed by atoms with van der Waals surface area (Å²) >= 11 is 0. The van der Waals surface area contributed by atoms with E-state index in [4.69, 9.17) is 9.47 Å². The Morgan fingerprint density at radius 3 is 2.64 bits per heavy atom. The first-order chi connectivity index (χ1) is 17.1. The molecule has 0 unspecified atom stereocenters. The van der Waals surface area contributed by atoms with Gasteiger partial charge < -0.3 is 14.8 Å². The van der Waals surface area contributed by atoms with Crippen molar-refractivity contribution in [2.24, 2.45) is 0 Å². The van der Waals surface area contributed by atoms with Gasteiger partial charge in [0, 0.05) is 24.0 Å². The molecule has 4 heterocycles. The molecule has 1 atom stereocenters. The van der Waals surface area contributed by atoms with Crippen LogP contribution in [0, 0.1) is 5.82 Å². The number of alkyl halides is 3. The van der Waals surface area contributed by atoms with E-state index >= 15 is 0 Å². The summed E-state index contributed by atoms with van der Waals surface area (Å²) in [6.45, 7) is 2.54. The van der Waals surface area contributed by atoms with Crippen molar-refractivity contribution in [3.63, 3.8) is 0 Å². The van der Waals surface area contributed by atoms with Crippen LogP contribution in [0.1, 0.15) is 24.1 Å². The highest BCUT2D eigenvalue weighted by molar-refractivity contribution is 5.98. The lowest BCUT2D eigenvalue weighted by atomic mass is 10.0. The Hall–Kier alpha value is -3.74. The number of fused-ring (bicyclic) bond motifs is 5. The largest absolute Gasteiger partial charge is 0.489 e. The number of hydrogen-bond donors (Lipinski definition) is 1. The number of benzene rings is 1. The van der Waals surface area contributed by atoms with E-state index in [9.17, 15) is 22.4 Å². The van der Waals surface area contributed by atoms with Crippen molar-refractivity contribution in [1.29, 1.82) is 0 Å². The number of hydrogen-bond acceptors (Lipinski definition) is 8. The second-order valence-electron chi connectivity index (χ2n) is 8.63. The number of rotatable bonds is 1. The summed E-state index contributed by atoms with van der Waals surface area (Å²) in [6.07, 6.45) is -3.35. The van der Waals surface area contributed by atoms with Crippen LogP contribution in [0.2, 0.25) is 0 Å². The van der Waals surface area contributed by atoms with Crippen molar-refractivity contribution >= 4 is 28.4 Å². The van der Waals surface area contributed by atoms with E-state index in [0.29, 0.717) is 35.9 Å². The first-order valence-corrected chi connectivity index (χ1v) is 11.2. The van der Waals surface area contributed by atoms with E-state index in [-0.39, 0.29) is 43.1 Å². The van der Waals surface area contributed by atoms with Gasteiger partial charge >= 0.3 is 12.2 Å². The zero-order valence-corrected chi connectivity index (χ0v) is 19.4. The van der Waals surface area contributed by atoms with Gasteiger partial charge in [0.25, 0.3) is 0 Å². The predicted octanol–water partition coefficient (Wildman–Crippen LogP) is 3.41. The first-order valence-electron chi connectivity index (χ1n) is 11.2. The Bertz CT molecular complexity index is 1340. The molecule has 2 aromatic heterocycles. The average molecular weight is 506 g/mol. The van der Waals surface area contributed by atoms with Crippen LogP contribution < -0.4 is 19.7 Å². The molecule has 0 radical (unpaired) electrons. The average Bonchev–Trinajstić information content (AvgIpc) is 2.83. The standard InChI is InChI=1S/C23H22F4N6O3/c1-12-14-7-13(24)8-16(23(25,26)27)20(14)35-5-6-36-22-30-17-10-28-18(9-15(17)21(29-12)31-22)33-4-3-32(2)11-19(33)34/h7-10,12H,3-6,11H2,1-2H3,(H,29,30,31)/t12-/m1/s1. The van der Waals surface area contributed by atoms with Crippen molar-refractivity contribution in [2.45, 2.75) is 19.1 Å². The molecule has 0 spiro atoms. The second-order valence-corrected chi connectivity index (χ2v) is 8.63. The zero-order valence-electron chi connectivity index (χ0n) is 19.4. The molecule has 1 saturated heterocycles. The molecule has 2 aliphatic rings. The Morgan fingerprint density at radius 1 is 1.11 bits per heavy atom. The third kappa shape index (κ3) is 4.57. The van der Waals surface area contributed by atoms with E-state index in [1.165, 1.54) is 6.20 Å². The van der Waals surface area contributed by atoms with Crippen LogP contribution in [0.3, 0.4) is 0 Å². The summed E-state index contributed by atoms with van der Waals surface area (Å²) in [6, 6.07) is 2.18. The number of nitrogens with zero attached hydrogens (tertiary/aromatic N) is 5. The lowest BCUT2D eigenvalue weighted by Gasteiger charge is -2.31. The monoisotopic (exact) mass is 506 g/mol. The van der Waals surface area contributed by atoms with Crippen molar-refractivity contribution in [3.05, 3.63) is 41.3 Å². The lowest BCUT2D eigenvalue weighted by Crippen LogP contribution is -2.49. The molecule has 190 valence electrons. The zero-order chi connectivity index (χ0) is 25.6. The van der Waals surface area contributed by atoms with E-state index in [1.807, 2.05) is 11.9 Å². The molecule has 0 saturated carbocycles. The highest BCUT2D eigenvalue weighted by Crippen LogP contribution is 2.42. The number of aromatic nitrogens is 3. The summed E-state index contributed by atoms with van der Waals surface area (Å²) in [5.74, 6) is -1.01. The summed E-state index contributed by atoms with van der Waals surface area (Å²) in [5, 5.41) is 3.52. The van der Waals surface area contributed by atoms with Gasteiger partial charge in [-0.2, -0.15) is 23.1 Å². The maximum Gasteiger partial charge on any atom is 0.420 e. The SMILES string of the molecule is C[C@H]1Nc2nc(nc3cnc(N4CCN(C)CC4=O)cc23)OCCOc2c1cc(F)cc2C(F)(F)F. The second kappa shape index (κ2) is 9.04. The molecular weight excluding hydrogens is 484 g/mol. The highest BCUT2D eigenvalue weighted by atomic mass is 19.4. The molecule has 3 aromatic rings. The van der Waals surface area contributed by atoms with Gasteiger partial charge in [-0.15, -0.1) is 0 Å². The van der Waals surface area contributed by atoms with Crippen LogP contribution in [-0.4, -0.2) is 65.7 Å². The number of nitrogens with one attached hydrogen (secondary N) is 1. The summed E-state index contributed by atoms with van der Waals surface area (Å²) in [4.78, 5) is 29.1. The molecule has 2 bridgehead atoms. The van der Waals surface area contributed by atoms with Crippen LogP contribution >= 0.6 is 0 Å². The van der Waals surface area contributed by atoms with Crippen LogP contribution in [0.25, 0.3) is 10.9 Å². The number of halogens is 4. The van der Waals surface area contributed by atoms with Gasteiger partial charge in [-0.3, -0.25) is 14.6 Å². The molecule has 36 heavy (non-hydrogen) atoms. The summed E-state index contributed by atoms with van der Waals surface area (Å²) < 4.78 is 66.3. The maximum atomic E-state index is 14.3. The topological polar surface area (TPSA) is 92.7 Å². The summed E-state index contributed by atoms with van der Waals surface area (Å²) in [7, 11) is 1.85. The van der Waals surface area contributed by atoms with Crippen molar-refractivity contribution in [3.8, 4) is 11.8 Å². The molecule has 1 amide bonds. The number of pyridine rings is 1. The van der Waals surface area contributed by atoms with Crippen molar-refractivity contribution in [1.82, 2.24) is 19.9 Å². The smallest absolute Gasteiger partial charge is 0.420 e. The fourth-order valence-electron chi connectivity index (χ4n) is 4.22. The molecule has 1 fully saturated rings. The number of likely N-dealkylation sites (N-methyl/N-ethyl adjacent to an activating group) is 1. The molecule has 2 aliphatic heterocycles. The predicted molar refractivity (Wildman–Crippen MR) is 122 cm³/mol. The number of anilines is 2.